The van der Waals surface area contributed by atoms with E-state index in [0.717, 1.165) is 37.4 Å². The highest BCUT2D eigenvalue weighted by Gasteiger charge is 2.11. The van der Waals surface area contributed by atoms with Gasteiger partial charge in [0.1, 0.15) is 0 Å². The maximum atomic E-state index is 3.51. The molecule has 2 nitrogen and oxygen atoms in total. The Morgan fingerprint density at radius 1 is 0.923 bits per heavy atom. The van der Waals surface area contributed by atoms with Crippen LogP contribution in [0.15, 0.2) is 0 Å². The van der Waals surface area contributed by atoms with Crippen LogP contribution in [-0.2, 0) is 0 Å². The maximum absolute atomic E-state index is 3.51. The van der Waals surface area contributed by atoms with Gasteiger partial charge in [0.25, 0.3) is 0 Å². The summed E-state index contributed by atoms with van der Waals surface area (Å²) < 4.78 is 0. The molecule has 1 unspecified atom stereocenters. The molecule has 0 aromatic heterocycles. The Bertz CT molecular complexity index is 111. The molecule has 0 saturated carbocycles. The molecule has 13 heavy (non-hydrogen) atoms. The van der Waals surface area contributed by atoms with Crippen molar-refractivity contribution in [2.24, 2.45) is 17.8 Å². The van der Waals surface area contributed by atoms with E-state index in [1.54, 1.807) is 0 Å². The summed E-state index contributed by atoms with van der Waals surface area (Å²) in [5, 5.41) is 6.76. The van der Waals surface area contributed by atoms with Gasteiger partial charge in [-0.3, -0.25) is 0 Å². The standard InChI is InChI=1S/C11H26N2/c1-9(2)6-13-8-11(7-12-5)10(3)4/h9-13H,6-8H2,1-5H3. The minimum absolute atomic E-state index is 0.752. The van der Waals surface area contributed by atoms with E-state index in [1.165, 1.54) is 0 Å². The third-order valence-corrected chi connectivity index (χ3v) is 2.37. The average Bonchev–Trinajstić information content (AvgIpc) is 2.02. The summed E-state index contributed by atoms with van der Waals surface area (Å²) in [6.45, 7) is 12.5. The molecule has 0 spiro atoms. The van der Waals surface area contributed by atoms with Crippen molar-refractivity contribution >= 4 is 0 Å². The Kier molecular flexibility index (Phi) is 7.29. The lowest BCUT2D eigenvalue weighted by molar-refractivity contribution is 0.346. The molecule has 0 aromatic carbocycles. The Morgan fingerprint density at radius 2 is 1.54 bits per heavy atom. The molecule has 0 aliphatic heterocycles. The van der Waals surface area contributed by atoms with Gasteiger partial charge in [-0.2, -0.15) is 0 Å². The second kappa shape index (κ2) is 7.34. The second-order valence-corrected chi connectivity index (χ2v) is 4.61. The lowest BCUT2D eigenvalue weighted by Gasteiger charge is -2.21. The predicted molar refractivity (Wildman–Crippen MR) is 60.0 cm³/mol. The summed E-state index contributed by atoms with van der Waals surface area (Å²) in [7, 11) is 2.03. The van der Waals surface area contributed by atoms with E-state index in [-0.39, 0.29) is 0 Å². The van der Waals surface area contributed by atoms with Crippen LogP contribution in [0.3, 0.4) is 0 Å². The summed E-state index contributed by atoms with van der Waals surface area (Å²) in [6.07, 6.45) is 0. The molecule has 0 aliphatic carbocycles. The van der Waals surface area contributed by atoms with E-state index in [9.17, 15) is 0 Å². The van der Waals surface area contributed by atoms with E-state index < -0.39 is 0 Å². The van der Waals surface area contributed by atoms with Gasteiger partial charge < -0.3 is 10.6 Å². The van der Waals surface area contributed by atoms with Crippen LogP contribution in [-0.4, -0.2) is 26.7 Å². The van der Waals surface area contributed by atoms with Crippen LogP contribution in [0.25, 0.3) is 0 Å². The van der Waals surface area contributed by atoms with E-state index in [1.807, 2.05) is 7.05 Å². The molecule has 0 radical (unpaired) electrons. The first-order valence-corrected chi connectivity index (χ1v) is 5.43. The van der Waals surface area contributed by atoms with Crippen LogP contribution in [0.4, 0.5) is 0 Å². The Morgan fingerprint density at radius 3 is 1.92 bits per heavy atom. The minimum Gasteiger partial charge on any atom is -0.319 e. The van der Waals surface area contributed by atoms with Crippen LogP contribution in [0.5, 0.6) is 0 Å². The first-order valence-electron chi connectivity index (χ1n) is 5.43. The number of hydrogen-bond donors (Lipinski definition) is 2. The van der Waals surface area contributed by atoms with Gasteiger partial charge in [0, 0.05) is 0 Å². The van der Waals surface area contributed by atoms with Crippen LogP contribution >= 0.6 is 0 Å². The van der Waals surface area contributed by atoms with Gasteiger partial charge >= 0.3 is 0 Å². The van der Waals surface area contributed by atoms with E-state index in [2.05, 4.69) is 38.3 Å². The Hall–Kier alpha value is -0.0800. The number of nitrogens with one attached hydrogen (secondary N) is 2. The quantitative estimate of drug-likeness (QED) is 0.632. The monoisotopic (exact) mass is 186 g/mol. The molecule has 0 rings (SSSR count). The molecule has 0 aromatic rings. The van der Waals surface area contributed by atoms with Gasteiger partial charge in [-0.15, -0.1) is 0 Å². The molecule has 0 fully saturated rings. The summed E-state index contributed by atoms with van der Waals surface area (Å²) in [4.78, 5) is 0. The van der Waals surface area contributed by atoms with Crippen molar-refractivity contribution in [2.75, 3.05) is 26.7 Å². The van der Waals surface area contributed by atoms with Crippen molar-refractivity contribution in [3.05, 3.63) is 0 Å². The zero-order valence-electron chi connectivity index (χ0n) is 9.85. The van der Waals surface area contributed by atoms with E-state index in [4.69, 9.17) is 0 Å². The van der Waals surface area contributed by atoms with Gasteiger partial charge in [0.15, 0.2) is 0 Å². The highest BCUT2D eigenvalue weighted by molar-refractivity contribution is 4.68. The lowest BCUT2D eigenvalue weighted by atomic mass is 9.95. The molecule has 0 saturated heterocycles. The smallest absolute Gasteiger partial charge is 0.000582 e. The van der Waals surface area contributed by atoms with Gasteiger partial charge in [-0.25, -0.2) is 0 Å². The molecule has 0 bridgehead atoms. The van der Waals surface area contributed by atoms with Crippen LogP contribution in [0.2, 0.25) is 0 Å². The highest BCUT2D eigenvalue weighted by Crippen LogP contribution is 2.08. The highest BCUT2D eigenvalue weighted by atomic mass is 14.9. The van der Waals surface area contributed by atoms with Crippen molar-refractivity contribution in [3.63, 3.8) is 0 Å². The second-order valence-electron chi connectivity index (χ2n) is 4.61. The molecule has 2 N–H and O–H groups in total. The van der Waals surface area contributed by atoms with Crippen molar-refractivity contribution in [2.45, 2.75) is 27.7 Å². The van der Waals surface area contributed by atoms with Crippen molar-refractivity contribution in [1.82, 2.24) is 10.6 Å². The van der Waals surface area contributed by atoms with Crippen molar-refractivity contribution in [3.8, 4) is 0 Å². The molecular weight excluding hydrogens is 160 g/mol. The fourth-order valence-electron chi connectivity index (χ4n) is 1.36. The zero-order valence-corrected chi connectivity index (χ0v) is 9.85. The lowest BCUT2D eigenvalue weighted by Crippen LogP contribution is -2.34. The molecule has 1 atom stereocenters. The number of hydrogen-bond acceptors (Lipinski definition) is 2. The van der Waals surface area contributed by atoms with Crippen LogP contribution in [0.1, 0.15) is 27.7 Å². The number of rotatable bonds is 7. The molecule has 0 aliphatic rings. The van der Waals surface area contributed by atoms with Crippen LogP contribution < -0.4 is 10.6 Å². The first kappa shape index (κ1) is 12.9. The summed E-state index contributed by atoms with van der Waals surface area (Å²) in [5.74, 6) is 2.26. The van der Waals surface area contributed by atoms with E-state index >= 15 is 0 Å². The van der Waals surface area contributed by atoms with Gasteiger partial charge in [-0.05, 0) is 44.4 Å². The fraction of sp³-hybridized carbons (Fsp3) is 1.00. The molecule has 2 heteroatoms. The fourth-order valence-corrected chi connectivity index (χ4v) is 1.36. The third kappa shape index (κ3) is 7.03. The van der Waals surface area contributed by atoms with Crippen molar-refractivity contribution in [1.29, 1.82) is 0 Å². The van der Waals surface area contributed by atoms with Gasteiger partial charge in [0.05, 0.1) is 0 Å². The normalized spacial score (nSPS) is 14.1. The molecule has 80 valence electrons. The molecule has 0 amide bonds. The third-order valence-electron chi connectivity index (χ3n) is 2.37. The van der Waals surface area contributed by atoms with E-state index in [0.29, 0.717) is 0 Å². The summed E-state index contributed by atoms with van der Waals surface area (Å²) >= 11 is 0. The predicted octanol–water partition coefficient (Wildman–Crippen LogP) is 1.72. The summed E-state index contributed by atoms with van der Waals surface area (Å²) in [5.41, 5.74) is 0. The average molecular weight is 186 g/mol. The molecule has 0 heterocycles. The maximum Gasteiger partial charge on any atom is -0.000582 e. The Balaban J connectivity index is 3.57. The minimum atomic E-state index is 0.752. The molecular formula is C11H26N2. The topological polar surface area (TPSA) is 24.1 Å². The Labute approximate surface area is 83.5 Å². The largest absolute Gasteiger partial charge is 0.319 e. The van der Waals surface area contributed by atoms with Crippen molar-refractivity contribution < 1.29 is 0 Å². The summed E-state index contributed by atoms with van der Waals surface area (Å²) in [6, 6.07) is 0. The zero-order chi connectivity index (χ0) is 10.3. The van der Waals surface area contributed by atoms with Crippen LogP contribution in [0, 0.1) is 17.8 Å². The first-order chi connectivity index (χ1) is 6.07. The van der Waals surface area contributed by atoms with Gasteiger partial charge in [-0.1, -0.05) is 27.7 Å². The van der Waals surface area contributed by atoms with Gasteiger partial charge in [0.2, 0.25) is 0 Å². The SMILES string of the molecule is CNCC(CNCC(C)C)C(C)C.